The number of nitrogens with zero attached hydrogens (tertiary/aromatic N) is 2. The zero-order valence-electron chi connectivity index (χ0n) is 12.6. The summed E-state index contributed by atoms with van der Waals surface area (Å²) in [5.41, 5.74) is 2.35. The van der Waals surface area contributed by atoms with E-state index in [1.807, 2.05) is 12.1 Å². The zero-order valence-corrected chi connectivity index (χ0v) is 13.4. The van der Waals surface area contributed by atoms with Crippen LogP contribution in [0.5, 0.6) is 5.75 Å². The normalized spacial score (nSPS) is 14.9. The van der Waals surface area contributed by atoms with Gasteiger partial charge in [-0.1, -0.05) is 6.92 Å². The van der Waals surface area contributed by atoms with Gasteiger partial charge in [0.05, 0.1) is 12.6 Å². The molecule has 1 aromatic carbocycles. The Labute approximate surface area is 131 Å². The summed E-state index contributed by atoms with van der Waals surface area (Å²) < 4.78 is 5.30. The number of halogens is 1. The summed E-state index contributed by atoms with van der Waals surface area (Å²) in [6.07, 6.45) is 0.999. The standard InChI is InChI=1S/C16H21N3O.ClH/c1-3-12-10-13-11-14(20-2)4-5-15(13)18-16(12)19-8-6-17-7-9-19;/h4-5,10-11,17H,3,6-9H2,1-2H3;1H. The number of aromatic nitrogens is 1. The van der Waals surface area contributed by atoms with E-state index in [-0.39, 0.29) is 12.4 Å². The minimum absolute atomic E-state index is 0. The van der Waals surface area contributed by atoms with Crippen molar-refractivity contribution in [3.05, 3.63) is 29.8 Å². The van der Waals surface area contributed by atoms with Crippen LogP contribution in [0.15, 0.2) is 24.3 Å². The van der Waals surface area contributed by atoms with Crippen LogP contribution in [0.4, 0.5) is 5.82 Å². The van der Waals surface area contributed by atoms with Gasteiger partial charge in [0.25, 0.3) is 0 Å². The second-order valence-corrected chi connectivity index (χ2v) is 5.12. The number of pyridine rings is 1. The molecule has 3 rings (SSSR count). The van der Waals surface area contributed by atoms with Gasteiger partial charge in [0.1, 0.15) is 11.6 Å². The smallest absolute Gasteiger partial charge is 0.132 e. The Hall–Kier alpha value is -1.52. The molecule has 1 saturated heterocycles. The lowest BCUT2D eigenvalue weighted by molar-refractivity contribution is 0.415. The summed E-state index contributed by atoms with van der Waals surface area (Å²) in [7, 11) is 1.70. The Kier molecular flexibility index (Phi) is 5.26. The molecule has 0 aliphatic carbocycles. The van der Waals surface area contributed by atoms with Crippen LogP contribution in [0.25, 0.3) is 10.9 Å². The van der Waals surface area contributed by atoms with Crippen LogP contribution in [0.1, 0.15) is 12.5 Å². The number of ether oxygens (including phenoxy) is 1. The van der Waals surface area contributed by atoms with Crippen LogP contribution in [-0.4, -0.2) is 38.3 Å². The highest BCUT2D eigenvalue weighted by Crippen LogP contribution is 2.27. The molecule has 0 unspecified atom stereocenters. The maximum Gasteiger partial charge on any atom is 0.132 e. The van der Waals surface area contributed by atoms with Crippen molar-refractivity contribution in [1.29, 1.82) is 0 Å². The van der Waals surface area contributed by atoms with Crippen molar-refractivity contribution in [1.82, 2.24) is 10.3 Å². The quantitative estimate of drug-likeness (QED) is 0.946. The SMILES string of the molecule is CCc1cc2cc(OC)ccc2nc1N1CCNCC1.Cl. The third kappa shape index (κ3) is 3.22. The van der Waals surface area contributed by atoms with Crippen molar-refractivity contribution in [3.8, 4) is 5.75 Å². The number of piperazine rings is 1. The van der Waals surface area contributed by atoms with Gasteiger partial charge in [0, 0.05) is 31.6 Å². The van der Waals surface area contributed by atoms with E-state index in [1.165, 1.54) is 5.56 Å². The van der Waals surface area contributed by atoms with Crippen molar-refractivity contribution in [2.75, 3.05) is 38.2 Å². The van der Waals surface area contributed by atoms with Gasteiger partial charge < -0.3 is 15.0 Å². The minimum atomic E-state index is 0. The summed E-state index contributed by atoms with van der Waals surface area (Å²) >= 11 is 0. The molecule has 1 aliphatic rings. The molecule has 1 N–H and O–H groups in total. The number of rotatable bonds is 3. The highest BCUT2D eigenvalue weighted by molar-refractivity contribution is 5.85. The number of fused-ring (bicyclic) bond motifs is 1. The first-order chi connectivity index (χ1) is 9.81. The Bertz CT molecular complexity index is 612. The second-order valence-electron chi connectivity index (χ2n) is 5.12. The fourth-order valence-corrected chi connectivity index (χ4v) is 2.73. The van der Waals surface area contributed by atoms with Gasteiger partial charge >= 0.3 is 0 Å². The molecule has 4 nitrogen and oxygen atoms in total. The van der Waals surface area contributed by atoms with Gasteiger partial charge in [-0.3, -0.25) is 0 Å². The molecule has 1 fully saturated rings. The topological polar surface area (TPSA) is 37.4 Å². The van der Waals surface area contributed by atoms with E-state index in [9.17, 15) is 0 Å². The van der Waals surface area contributed by atoms with Gasteiger partial charge in [-0.05, 0) is 36.2 Å². The molecule has 1 aliphatic heterocycles. The van der Waals surface area contributed by atoms with Crippen molar-refractivity contribution < 1.29 is 4.74 Å². The summed E-state index contributed by atoms with van der Waals surface area (Å²) in [6.45, 7) is 6.31. The van der Waals surface area contributed by atoms with E-state index >= 15 is 0 Å². The summed E-state index contributed by atoms with van der Waals surface area (Å²) in [4.78, 5) is 7.28. The first-order valence-electron chi connectivity index (χ1n) is 7.25. The molecule has 114 valence electrons. The van der Waals surface area contributed by atoms with E-state index in [0.29, 0.717) is 0 Å². The largest absolute Gasteiger partial charge is 0.497 e. The molecule has 5 heteroatoms. The number of nitrogens with one attached hydrogen (secondary N) is 1. The van der Waals surface area contributed by atoms with Crippen LogP contribution in [0, 0.1) is 0 Å². The average Bonchev–Trinajstić information content (AvgIpc) is 2.53. The van der Waals surface area contributed by atoms with Crippen LogP contribution in [0.2, 0.25) is 0 Å². The summed E-state index contributed by atoms with van der Waals surface area (Å²) in [6, 6.07) is 8.33. The van der Waals surface area contributed by atoms with Crippen molar-refractivity contribution in [2.45, 2.75) is 13.3 Å². The van der Waals surface area contributed by atoms with E-state index in [1.54, 1.807) is 7.11 Å². The van der Waals surface area contributed by atoms with Crippen molar-refractivity contribution >= 4 is 29.1 Å². The highest BCUT2D eigenvalue weighted by atomic mass is 35.5. The molecule has 0 radical (unpaired) electrons. The number of anilines is 1. The maximum atomic E-state index is 5.30. The van der Waals surface area contributed by atoms with Crippen molar-refractivity contribution in [2.24, 2.45) is 0 Å². The van der Waals surface area contributed by atoms with Gasteiger partial charge in [-0.2, -0.15) is 0 Å². The second kappa shape index (κ2) is 6.96. The fraction of sp³-hybridized carbons (Fsp3) is 0.438. The van der Waals surface area contributed by atoms with Crippen molar-refractivity contribution in [3.63, 3.8) is 0 Å². The zero-order chi connectivity index (χ0) is 13.9. The molecule has 0 amide bonds. The Morgan fingerprint density at radius 1 is 1.24 bits per heavy atom. The molecule has 1 aromatic heterocycles. The van der Waals surface area contributed by atoms with Crippen LogP contribution in [0.3, 0.4) is 0 Å². The first-order valence-corrected chi connectivity index (χ1v) is 7.25. The third-order valence-electron chi connectivity index (χ3n) is 3.88. The van der Waals surface area contributed by atoms with Crippen LogP contribution >= 0.6 is 12.4 Å². The number of hydrogen-bond donors (Lipinski definition) is 1. The highest BCUT2D eigenvalue weighted by Gasteiger charge is 2.16. The Morgan fingerprint density at radius 2 is 2.00 bits per heavy atom. The summed E-state index contributed by atoms with van der Waals surface area (Å²) in [5, 5.41) is 4.54. The number of aryl methyl sites for hydroxylation is 1. The van der Waals surface area contributed by atoms with E-state index in [0.717, 1.165) is 55.1 Å². The lowest BCUT2D eigenvalue weighted by atomic mass is 10.1. The lowest BCUT2D eigenvalue weighted by Crippen LogP contribution is -2.44. The molecule has 0 saturated carbocycles. The number of hydrogen-bond acceptors (Lipinski definition) is 4. The molecule has 0 spiro atoms. The molecular weight excluding hydrogens is 286 g/mol. The van der Waals surface area contributed by atoms with E-state index < -0.39 is 0 Å². The number of methoxy groups -OCH3 is 1. The first kappa shape index (κ1) is 15.9. The minimum Gasteiger partial charge on any atom is -0.497 e. The monoisotopic (exact) mass is 307 g/mol. The maximum absolute atomic E-state index is 5.30. The molecule has 21 heavy (non-hydrogen) atoms. The predicted molar refractivity (Wildman–Crippen MR) is 90.0 cm³/mol. The third-order valence-corrected chi connectivity index (χ3v) is 3.88. The van der Waals surface area contributed by atoms with E-state index in [4.69, 9.17) is 9.72 Å². The fourth-order valence-electron chi connectivity index (χ4n) is 2.73. The molecular formula is C16H22ClN3O. The van der Waals surface area contributed by atoms with Gasteiger partial charge in [0.15, 0.2) is 0 Å². The summed E-state index contributed by atoms with van der Waals surface area (Å²) in [5.74, 6) is 2.03. The van der Waals surface area contributed by atoms with Gasteiger partial charge in [0.2, 0.25) is 0 Å². The predicted octanol–water partition coefficient (Wildman–Crippen LogP) is 2.64. The number of benzene rings is 1. The lowest BCUT2D eigenvalue weighted by Gasteiger charge is -2.30. The molecule has 2 heterocycles. The Morgan fingerprint density at radius 3 is 2.67 bits per heavy atom. The van der Waals surface area contributed by atoms with E-state index in [2.05, 4.69) is 29.3 Å². The average molecular weight is 308 g/mol. The van der Waals surface area contributed by atoms with Gasteiger partial charge in [-0.25, -0.2) is 4.98 Å². The molecule has 0 bridgehead atoms. The van der Waals surface area contributed by atoms with Crippen LogP contribution < -0.4 is 15.0 Å². The Balaban J connectivity index is 0.00000161. The molecule has 2 aromatic rings. The molecule has 0 atom stereocenters. The van der Waals surface area contributed by atoms with Gasteiger partial charge in [-0.15, -0.1) is 12.4 Å². The van der Waals surface area contributed by atoms with Crippen LogP contribution in [-0.2, 0) is 6.42 Å².